The Balaban J connectivity index is 1.59. The monoisotopic (exact) mass is 615 g/mol. The van der Waals surface area contributed by atoms with Gasteiger partial charge in [-0.1, -0.05) is 66.7 Å². The predicted molar refractivity (Wildman–Crippen MR) is 141 cm³/mol. The van der Waals surface area contributed by atoms with Crippen LogP contribution in [0, 0.1) is 0 Å². The Labute approximate surface area is 238 Å². The summed E-state index contributed by atoms with van der Waals surface area (Å²) in [5, 5.41) is 10.8. The first-order valence-electron chi connectivity index (χ1n) is 13.3. The Hall–Kier alpha value is -2.96. The molecule has 2 aliphatic rings. The molecule has 1 unspecified atom stereocenters. The molecule has 0 spiro atoms. The third kappa shape index (κ3) is 4.90. The SMILES string of the molecule is O=S(=O)(c1cccc(C2(O)CCC2)c1)C1(c2ccc(C(F)(C(F)(F)F)C(F)(F)F)cc2)CCN(Cc2ccccc2)C1. The smallest absolute Gasteiger partial charge is 0.385 e. The second-order valence-electron chi connectivity index (χ2n) is 11.1. The molecule has 2 fully saturated rings. The average molecular weight is 616 g/mol. The van der Waals surface area contributed by atoms with Crippen molar-refractivity contribution in [2.24, 2.45) is 0 Å². The van der Waals surface area contributed by atoms with Gasteiger partial charge in [-0.3, -0.25) is 4.90 Å². The Morgan fingerprint density at radius 3 is 1.93 bits per heavy atom. The first-order valence-corrected chi connectivity index (χ1v) is 14.8. The summed E-state index contributed by atoms with van der Waals surface area (Å²) in [7, 11) is -4.34. The molecule has 5 rings (SSSR count). The minimum Gasteiger partial charge on any atom is -0.385 e. The first-order chi connectivity index (χ1) is 19.5. The van der Waals surface area contributed by atoms with Gasteiger partial charge in [-0.2, -0.15) is 26.3 Å². The molecule has 3 aromatic rings. The van der Waals surface area contributed by atoms with E-state index in [1.807, 2.05) is 35.2 Å². The van der Waals surface area contributed by atoms with Crippen molar-refractivity contribution in [1.82, 2.24) is 4.90 Å². The van der Waals surface area contributed by atoms with Crippen molar-refractivity contribution in [1.29, 1.82) is 0 Å². The molecule has 0 aromatic heterocycles. The van der Waals surface area contributed by atoms with Crippen LogP contribution < -0.4 is 0 Å². The van der Waals surface area contributed by atoms with E-state index in [1.54, 1.807) is 6.07 Å². The van der Waals surface area contributed by atoms with Crippen molar-refractivity contribution in [3.63, 3.8) is 0 Å². The lowest BCUT2D eigenvalue weighted by atomic mass is 9.75. The van der Waals surface area contributed by atoms with Crippen molar-refractivity contribution in [2.75, 3.05) is 13.1 Å². The molecule has 0 bridgehead atoms. The van der Waals surface area contributed by atoms with Gasteiger partial charge < -0.3 is 5.11 Å². The summed E-state index contributed by atoms with van der Waals surface area (Å²) in [5.41, 5.74) is -7.25. The van der Waals surface area contributed by atoms with Crippen LogP contribution in [0.5, 0.6) is 0 Å². The fraction of sp³-hybridized carbons (Fsp3) is 0.400. The number of halogens is 7. The van der Waals surface area contributed by atoms with Crippen molar-refractivity contribution in [2.45, 2.75) is 65.5 Å². The fourth-order valence-corrected chi connectivity index (χ4v) is 8.07. The van der Waals surface area contributed by atoms with E-state index in [-0.39, 0.29) is 30.0 Å². The average Bonchev–Trinajstić information content (AvgIpc) is 3.36. The highest BCUT2D eigenvalue weighted by atomic mass is 32.2. The first kappa shape index (κ1) is 30.5. The van der Waals surface area contributed by atoms with Gasteiger partial charge in [0, 0.05) is 25.2 Å². The van der Waals surface area contributed by atoms with Crippen molar-refractivity contribution in [3.8, 4) is 0 Å². The van der Waals surface area contributed by atoms with Crippen LogP contribution in [0.25, 0.3) is 0 Å². The predicted octanol–water partition coefficient (Wildman–Crippen LogP) is 6.92. The molecule has 1 aliphatic carbocycles. The van der Waals surface area contributed by atoms with Crippen molar-refractivity contribution in [3.05, 3.63) is 101 Å². The number of hydrogen-bond donors (Lipinski definition) is 1. The molecule has 42 heavy (non-hydrogen) atoms. The molecule has 0 amide bonds. The van der Waals surface area contributed by atoms with Crippen LogP contribution in [0.4, 0.5) is 30.7 Å². The van der Waals surface area contributed by atoms with Crippen LogP contribution in [-0.4, -0.2) is 43.9 Å². The van der Waals surface area contributed by atoms with Crippen LogP contribution in [0.3, 0.4) is 0 Å². The minimum atomic E-state index is -6.29. The molecule has 1 heterocycles. The lowest BCUT2D eigenvalue weighted by molar-refractivity contribution is -0.348. The normalized spacial score (nSPS) is 21.7. The number of nitrogens with zero attached hydrogens (tertiary/aromatic N) is 1. The summed E-state index contributed by atoms with van der Waals surface area (Å²) < 4.78 is 122. The number of rotatable bonds is 7. The van der Waals surface area contributed by atoms with Gasteiger partial charge in [-0.15, -0.1) is 0 Å². The van der Waals surface area contributed by atoms with Gasteiger partial charge in [0.15, 0.2) is 9.84 Å². The van der Waals surface area contributed by atoms with E-state index in [9.17, 15) is 44.3 Å². The maximum atomic E-state index is 14.7. The molecule has 1 saturated carbocycles. The minimum absolute atomic E-state index is 0.0185. The van der Waals surface area contributed by atoms with E-state index in [0.29, 0.717) is 37.1 Å². The molecular weight excluding hydrogens is 587 g/mol. The van der Waals surface area contributed by atoms with Crippen LogP contribution in [0.1, 0.15) is 47.9 Å². The quantitative estimate of drug-likeness (QED) is 0.293. The molecule has 1 N–H and O–H groups in total. The number of aliphatic hydroxyl groups is 1. The van der Waals surface area contributed by atoms with E-state index in [2.05, 4.69) is 0 Å². The second kappa shape index (κ2) is 10.3. The van der Waals surface area contributed by atoms with Crippen LogP contribution in [-0.2, 0) is 32.4 Å². The van der Waals surface area contributed by atoms with Crippen LogP contribution in [0.2, 0.25) is 0 Å². The molecule has 1 aliphatic heterocycles. The number of hydrogen-bond acceptors (Lipinski definition) is 4. The fourth-order valence-electron chi connectivity index (χ4n) is 5.92. The van der Waals surface area contributed by atoms with Crippen LogP contribution in [0.15, 0.2) is 83.8 Å². The maximum absolute atomic E-state index is 14.7. The maximum Gasteiger partial charge on any atom is 0.435 e. The molecule has 226 valence electrons. The highest BCUT2D eigenvalue weighted by Crippen LogP contribution is 2.54. The lowest BCUT2D eigenvalue weighted by Crippen LogP contribution is -2.50. The molecule has 1 atom stereocenters. The van der Waals surface area contributed by atoms with E-state index < -0.39 is 43.8 Å². The summed E-state index contributed by atoms with van der Waals surface area (Å²) in [4.78, 5) is 1.71. The molecular formula is C30H28F7NO3S. The van der Waals surface area contributed by atoms with Gasteiger partial charge in [0.2, 0.25) is 0 Å². The molecule has 4 nitrogen and oxygen atoms in total. The third-order valence-electron chi connectivity index (χ3n) is 8.53. The molecule has 12 heteroatoms. The second-order valence-corrected chi connectivity index (χ2v) is 13.3. The summed E-state index contributed by atoms with van der Waals surface area (Å²) in [6.45, 7) is 0.501. The molecule has 1 saturated heterocycles. The van der Waals surface area contributed by atoms with Gasteiger partial charge in [-0.25, -0.2) is 12.8 Å². The lowest BCUT2D eigenvalue weighted by Gasteiger charge is -2.37. The van der Waals surface area contributed by atoms with E-state index >= 15 is 0 Å². The summed E-state index contributed by atoms with van der Waals surface area (Å²) in [6.07, 6.45) is -10.9. The third-order valence-corrected chi connectivity index (χ3v) is 11.0. The summed E-state index contributed by atoms with van der Waals surface area (Å²) in [6, 6.07) is 17.4. The Bertz CT molecular complexity index is 1520. The number of benzene rings is 3. The number of sulfone groups is 1. The van der Waals surface area contributed by atoms with E-state index in [0.717, 1.165) is 24.1 Å². The van der Waals surface area contributed by atoms with Crippen molar-refractivity contribution >= 4 is 9.84 Å². The zero-order valence-electron chi connectivity index (χ0n) is 22.2. The topological polar surface area (TPSA) is 57.6 Å². The largest absolute Gasteiger partial charge is 0.435 e. The van der Waals surface area contributed by atoms with Gasteiger partial charge in [0.25, 0.3) is 0 Å². The van der Waals surface area contributed by atoms with Crippen molar-refractivity contribution < 1.29 is 44.3 Å². The zero-order valence-corrected chi connectivity index (χ0v) is 23.0. The summed E-state index contributed by atoms with van der Waals surface area (Å²) in [5.74, 6) is 0. The van der Waals surface area contributed by atoms with Gasteiger partial charge in [0.1, 0.15) is 4.75 Å². The van der Waals surface area contributed by atoms with Gasteiger partial charge in [0.05, 0.1) is 10.5 Å². The highest BCUT2D eigenvalue weighted by molar-refractivity contribution is 7.92. The van der Waals surface area contributed by atoms with Gasteiger partial charge >= 0.3 is 18.0 Å². The molecule has 3 aromatic carbocycles. The van der Waals surface area contributed by atoms with E-state index in [4.69, 9.17) is 0 Å². The van der Waals surface area contributed by atoms with Crippen LogP contribution >= 0.6 is 0 Å². The number of likely N-dealkylation sites (tertiary alicyclic amines) is 1. The van der Waals surface area contributed by atoms with E-state index in [1.165, 1.54) is 18.2 Å². The zero-order chi connectivity index (χ0) is 30.6. The Morgan fingerprint density at radius 1 is 0.762 bits per heavy atom. The Kier molecular flexibility index (Phi) is 7.51. The van der Waals surface area contributed by atoms with Gasteiger partial charge in [-0.05, 0) is 54.5 Å². The number of alkyl halides is 7. The Morgan fingerprint density at radius 2 is 1.38 bits per heavy atom. The molecule has 0 radical (unpaired) electrons. The highest BCUT2D eigenvalue weighted by Gasteiger charge is 2.73. The standard InChI is InChI=1S/C30H28F7NO3S/c31-28(29(32,33)34,30(35,36)37)23-12-10-22(11-13-23)27(16-17-38(20-27)19-21-6-2-1-3-7-21)42(40,41)25-9-4-8-24(18-25)26(39)14-5-15-26/h1-4,6-13,18,39H,5,14-17,19-20H2. The summed E-state index contributed by atoms with van der Waals surface area (Å²) >= 11 is 0.